The van der Waals surface area contributed by atoms with Gasteiger partial charge in [-0.2, -0.15) is 0 Å². The molecule has 3 heterocycles. The molecule has 8 nitrogen and oxygen atoms in total. The molecule has 0 unspecified atom stereocenters. The lowest BCUT2D eigenvalue weighted by Gasteiger charge is -2.28. The van der Waals surface area contributed by atoms with Gasteiger partial charge in [-0.25, -0.2) is 14.3 Å². The lowest BCUT2D eigenvalue weighted by atomic mass is 9.99. The molecule has 37 heavy (non-hydrogen) atoms. The minimum absolute atomic E-state index is 0.161. The van der Waals surface area contributed by atoms with Crippen LogP contribution >= 0.6 is 0 Å². The van der Waals surface area contributed by atoms with E-state index in [4.69, 9.17) is 9.47 Å². The number of benzodiazepines with no additional fused rings is 1. The Labute approximate surface area is 211 Å². The van der Waals surface area contributed by atoms with Crippen molar-refractivity contribution in [3.8, 4) is 0 Å². The maximum atomic E-state index is 15.1. The van der Waals surface area contributed by atoms with Crippen molar-refractivity contribution in [2.45, 2.75) is 18.9 Å². The molecule has 1 atom stereocenters. The van der Waals surface area contributed by atoms with Gasteiger partial charge in [0.2, 0.25) is 6.17 Å². The number of benzene rings is 3. The number of carbonyl (C=O) groups is 3. The first-order chi connectivity index (χ1) is 18.0. The van der Waals surface area contributed by atoms with Crippen molar-refractivity contribution in [3.05, 3.63) is 101 Å². The Hall–Kier alpha value is -4.21. The number of amides is 3. The van der Waals surface area contributed by atoms with Crippen molar-refractivity contribution < 1.29 is 28.2 Å². The van der Waals surface area contributed by atoms with Gasteiger partial charge in [0.25, 0.3) is 17.7 Å². The van der Waals surface area contributed by atoms with E-state index >= 15 is 4.39 Å². The van der Waals surface area contributed by atoms with Crippen LogP contribution in [0, 0.1) is 5.82 Å². The highest BCUT2D eigenvalue weighted by molar-refractivity contribution is 6.25. The maximum Gasteiger partial charge on any atom is 0.272 e. The fourth-order valence-electron chi connectivity index (χ4n) is 4.92. The van der Waals surface area contributed by atoms with E-state index in [1.165, 1.54) is 11.0 Å². The molecule has 3 aliphatic rings. The van der Waals surface area contributed by atoms with Crippen molar-refractivity contribution in [3.63, 3.8) is 0 Å². The number of para-hydroxylation sites is 1. The van der Waals surface area contributed by atoms with E-state index in [9.17, 15) is 14.4 Å². The number of carbonyl (C=O) groups excluding carboxylic acids is 3. The lowest BCUT2D eigenvalue weighted by Crippen LogP contribution is -2.50. The second kappa shape index (κ2) is 9.34. The molecule has 0 saturated carbocycles. The number of aliphatic imine (C=N–C) groups is 1. The first-order valence-corrected chi connectivity index (χ1v) is 12.0. The summed E-state index contributed by atoms with van der Waals surface area (Å²) in [4.78, 5) is 47.8. The Morgan fingerprint density at radius 2 is 1.35 bits per heavy atom. The average Bonchev–Trinajstić information content (AvgIpc) is 3.50. The Bertz CT molecular complexity index is 1410. The smallest absolute Gasteiger partial charge is 0.272 e. The molecule has 0 bridgehead atoms. The van der Waals surface area contributed by atoms with Crippen molar-refractivity contribution in [2.24, 2.45) is 4.99 Å². The van der Waals surface area contributed by atoms with E-state index in [0.717, 1.165) is 4.90 Å². The number of nitrogens with zero attached hydrogens (tertiary/aromatic N) is 3. The van der Waals surface area contributed by atoms with Crippen LogP contribution in [0.4, 0.5) is 10.1 Å². The quantitative estimate of drug-likeness (QED) is 0.502. The largest absolute Gasteiger partial charge is 0.350 e. The average molecular weight is 499 g/mol. The van der Waals surface area contributed by atoms with Crippen molar-refractivity contribution in [2.75, 3.05) is 24.7 Å². The van der Waals surface area contributed by atoms with Crippen LogP contribution in [0.25, 0.3) is 0 Å². The first-order valence-electron chi connectivity index (χ1n) is 12.0. The van der Waals surface area contributed by atoms with Crippen LogP contribution in [0.5, 0.6) is 0 Å². The predicted octanol–water partition coefficient (Wildman–Crippen LogP) is 3.40. The third-order valence-electron chi connectivity index (χ3n) is 6.67. The molecule has 1 fully saturated rings. The van der Waals surface area contributed by atoms with Gasteiger partial charge in [-0.15, -0.1) is 0 Å². The van der Waals surface area contributed by atoms with Gasteiger partial charge < -0.3 is 14.4 Å². The summed E-state index contributed by atoms with van der Waals surface area (Å²) >= 11 is 0. The van der Waals surface area contributed by atoms with E-state index in [-0.39, 0.29) is 28.9 Å². The Morgan fingerprint density at radius 1 is 0.784 bits per heavy atom. The fraction of sp³-hybridized carbons (Fsp3) is 0.214. The van der Waals surface area contributed by atoms with Crippen LogP contribution in [0.15, 0.2) is 77.8 Å². The van der Waals surface area contributed by atoms with Gasteiger partial charge in [0.15, 0.2) is 6.29 Å². The molecular formula is C28H22FN3O5. The molecule has 0 N–H and O–H groups in total. The second-order valence-corrected chi connectivity index (χ2v) is 8.82. The summed E-state index contributed by atoms with van der Waals surface area (Å²) in [6.07, 6.45) is -1.64. The van der Waals surface area contributed by atoms with Gasteiger partial charge in [0.05, 0.1) is 35.7 Å². The van der Waals surface area contributed by atoms with Gasteiger partial charge in [-0.05, 0) is 30.3 Å². The normalized spacial score (nSPS) is 19.6. The molecule has 3 aromatic rings. The van der Waals surface area contributed by atoms with Crippen LogP contribution in [-0.4, -0.2) is 60.5 Å². The van der Waals surface area contributed by atoms with Crippen LogP contribution in [0.2, 0.25) is 0 Å². The zero-order valence-corrected chi connectivity index (χ0v) is 19.7. The monoisotopic (exact) mass is 499 g/mol. The Morgan fingerprint density at radius 3 is 2.00 bits per heavy atom. The Kier molecular flexibility index (Phi) is 5.86. The summed E-state index contributed by atoms with van der Waals surface area (Å²) in [6.45, 7) is 1.11. The van der Waals surface area contributed by atoms with Crippen molar-refractivity contribution in [1.82, 2.24) is 4.90 Å². The highest BCUT2D eigenvalue weighted by atomic mass is 19.1. The second-order valence-electron chi connectivity index (χ2n) is 8.82. The Balaban J connectivity index is 1.50. The molecule has 0 aromatic heterocycles. The SMILES string of the molecule is O=C1[C@H](N2C(=O)c3ccccc3C2=O)N=C(c2ccccc2F)c2ccccc2N1CCC1OCCO1. The van der Waals surface area contributed by atoms with E-state index in [0.29, 0.717) is 30.9 Å². The minimum atomic E-state index is -1.53. The van der Waals surface area contributed by atoms with Gasteiger partial charge in [-0.3, -0.25) is 14.4 Å². The van der Waals surface area contributed by atoms with Crippen LogP contribution in [0.3, 0.4) is 0 Å². The van der Waals surface area contributed by atoms with Gasteiger partial charge in [0.1, 0.15) is 5.82 Å². The van der Waals surface area contributed by atoms with Crippen molar-refractivity contribution >= 4 is 29.1 Å². The molecule has 0 radical (unpaired) electrons. The summed E-state index contributed by atoms with van der Waals surface area (Å²) in [5.74, 6) is -2.36. The van der Waals surface area contributed by atoms with E-state index in [1.807, 2.05) is 0 Å². The number of hydrogen-bond donors (Lipinski definition) is 0. The van der Waals surface area contributed by atoms with Gasteiger partial charge in [0, 0.05) is 24.1 Å². The van der Waals surface area contributed by atoms with Crippen molar-refractivity contribution in [1.29, 1.82) is 0 Å². The number of anilines is 1. The summed E-state index contributed by atoms with van der Waals surface area (Å²) < 4.78 is 26.2. The number of imide groups is 1. The molecule has 0 aliphatic carbocycles. The number of hydrogen-bond acceptors (Lipinski definition) is 6. The molecule has 186 valence electrons. The summed E-state index contributed by atoms with van der Waals surface area (Å²) in [7, 11) is 0. The summed E-state index contributed by atoms with van der Waals surface area (Å²) in [5, 5.41) is 0. The highest BCUT2D eigenvalue weighted by Gasteiger charge is 2.46. The highest BCUT2D eigenvalue weighted by Crippen LogP contribution is 2.33. The third kappa shape index (κ3) is 3.92. The van der Waals surface area contributed by atoms with E-state index < -0.39 is 36.0 Å². The topological polar surface area (TPSA) is 88.5 Å². The number of rotatable bonds is 5. The van der Waals surface area contributed by atoms with Crippen LogP contribution in [-0.2, 0) is 14.3 Å². The molecule has 9 heteroatoms. The molecule has 3 amide bonds. The van der Waals surface area contributed by atoms with Gasteiger partial charge >= 0.3 is 0 Å². The molecule has 0 spiro atoms. The predicted molar refractivity (Wildman–Crippen MR) is 132 cm³/mol. The minimum Gasteiger partial charge on any atom is -0.350 e. The number of halogens is 1. The standard InChI is InChI=1S/C28H22FN3O5/c29-21-11-5-3-9-19(21)24-20-10-4-6-12-22(20)31(14-13-23-36-15-16-37-23)28(35)25(30-24)32-26(33)17-7-1-2-8-18(17)27(32)34/h1-12,23,25H,13-16H2/t25-/m0/s1. The number of fused-ring (bicyclic) bond motifs is 2. The summed E-state index contributed by atoms with van der Waals surface area (Å²) in [6, 6.07) is 19.5. The lowest BCUT2D eigenvalue weighted by molar-refractivity contribution is -0.122. The fourth-order valence-corrected chi connectivity index (χ4v) is 4.92. The zero-order valence-electron chi connectivity index (χ0n) is 19.7. The first kappa shape index (κ1) is 23.2. The zero-order chi connectivity index (χ0) is 25.5. The van der Waals surface area contributed by atoms with Crippen LogP contribution in [0.1, 0.15) is 38.3 Å². The summed E-state index contributed by atoms with van der Waals surface area (Å²) in [5.41, 5.74) is 1.74. The maximum absolute atomic E-state index is 15.1. The molecular weight excluding hydrogens is 477 g/mol. The van der Waals surface area contributed by atoms with E-state index in [2.05, 4.69) is 4.99 Å². The van der Waals surface area contributed by atoms with E-state index in [1.54, 1.807) is 66.7 Å². The molecule has 6 rings (SSSR count). The van der Waals surface area contributed by atoms with Crippen LogP contribution < -0.4 is 4.90 Å². The third-order valence-corrected chi connectivity index (χ3v) is 6.67. The molecule has 3 aromatic carbocycles. The number of ether oxygens (including phenoxy) is 2. The molecule has 3 aliphatic heterocycles. The molecule has 1 saturated heterocycles. The van der Waals surface area contributed by atoms with Gasteiger partial charge in [-0.1, -0.05) is 42.5 Å².